The zero-order valence-corrected chi connectivity index (χ0v) is 9.61. The van der Waals surface area contributed by atoms with Crippen LogP contribution in [0.2, 0.25) is 0 Å². The number of nitrogens with two attached hydrogens (primary N) is 1. The van der Waals surface area contributed by atoms with Gasteiger partial charge in [-0.05, 0) is 11.6 Å². The van der Waals surface area contributed by atoms with Crippen molar-refractivity contribution in [3.8, 4) is 5.75 Å². The van der Waals surface area contributed by atoms with E-state index in [1.807, 2.05) is 24.3 Å². The summed E-state index contributed by atoms with van der Waals surface area (Å²) in [6.45, 7) is -0.218. The fourth-order valence-corrected chi connectivity index (χ4v) is 1.93. The molecule has 2 aromatic rings. The van der Waals surface area contributed by atoms with Crippen molar-refractivity contribution in [2.75, 3.05) is 6.61 Å². The standard InChI is InChI=1S/C12H13N3O3/c13-8(6-16)11-14-12(18-15-11)10-5-7-3-1-2-4-9(7)17-10/h1-4,8,10,16H,5-6,13H2. The number of nitrogens with zero attached hydrogens (tertiary/aromatic N) is 2. The Kier molecular flexibility index (Phi) is 2.73. The van der Waals surface area contributed by atoms with Crippen LogP contribution in [0.3, 0.4) is 0 Å². The molecule has 1 aliphatic rings. The zero-order valence-electron chi connectivity index (χ0n) is 9.61. The molecule has 1 aromatic heterocycles. The Labute approximate surface area is 103 Å². The molecule has 2 heterocycles. The van der Waals surface area contributed by atoms with Crippen molar-refractivity contribution in [2.24, 2.45) is 5.73 Å². The smallest absolute Gasteiger partial charge is 0.268 e. The van der Waals surface area contributed by atoms with Gasteiger partial charge in [0.1, 0.15) is 5.75 Å². The molecular formula is C12H13N3O3. The monoisotopic (exact) mass is 247 g/mol. The minimum atomic E-state index is -0.619. The van der Waals surface area contributed by atoms with E-state index in [0.717, 1.165) is 11.3 Å². The van der Waals surface area contributed by atoms with Crippen LogP contribution in [-0.4, -0.2) is 21.9 Å². The molecule has 0 radical (unpaired) electrons. The van der Waals surface area contributed by atoms with Crippen molar-refractivity contribution in [2.45, 2.75) is 18.6 Å². The predicted molar refractivity (Wildman–Crippen MR) is 61.8 cm³/mol. The van der Waals surface area contributed by atoms with Crippen LogP contribution in [0.15, 0.2) is 28.8 Å². The number of aliphatic hydroxyl groups excluding tert-OH is 1. The Morgan fingerprint density at radius 3 is 3.06 bits per heavy atom. The molecule has 94 valence electrons. The Hall–Kier alpha value is -1.92. The van der Waals surface area contributed by atoms with E-state index in [-0.39, 0.29) is 12.7 Å². The van der Waals surface area contributed by atoms with Crippen LogP contribution in [-0.2, 0) is 6.42 Å². The molecule has 0 bridgehead atoms. The SMILES string of the molecule is NC(CO)c1noc(C2Cc3ccccc3O2)n1. The molecule has 0 fully saturated rings. The van der Waals surface area contributed by atoms with Gasteiger partial charge < -0.3 is 20.1 Å². The van der Waals surface area contributed by atoms with Crippen molar-refractivity contribution in [3.05, 3.63) is 41.5 Å². The molecule has 2 unspecified atom stereocenters. The van der Waals surface area contributed by atoms with E-state index in [1.165, 1.54) is 0 Å². The zero-order chi connectivity index (χ0) is 12.5. The molecule has 3 N–H and O–H groups in total. The quantitative estimate of drug-likeness (QED) is 0.830. The van der Waals surface area contributed by atoms with Gasteiger partial charge in [0.25, 0.3) is 5.89 Å². The lowest BCUT2D eigenvalue weighted by molar-refractivity contribution is 0.183. The second kappa shape index (κ2) is 4.40. The van der Waals surface area contributed by atoms with Gasteiger partial charge in [-0.25, -0.2) is 0 Å². The molecule has 1 aliphatic heterocycles. The molecule has 0 spiro atoms. The number of ether oxygens (including phenoxy) is 1. The lowest BCUT2D eigenvalue weighted by Crippen LogP contribution is -2.16. The van der Waals surface area contributed by atoms with Gasteiger partial charge in [0.2, 0.25) is 0 Å². The first-order chi connectivity index (χ1) is 8.78. The van der Waals surface area contributed by atoms with Gasteiger partial charge in [-0.2, -0.15) is 4.98 Å². The minimum Gasteiger partial charge on any atom is -0.480 e. The molecule has 0 saturated heterocycles. The molecule has 3 rings (SSSR count). The first-order valence-corrected chi connectivity index (χ1v) is 5.72. The van der Waals surface area contributed by atoms with Crippen LogP contribution in [0.4, 0.5) is 0 Å². The summed E-state index contributed by atoms with van der Waals surface area (Å²) in [6, 6.07) is 7.18. The normalized spacial score (nSPS) is 19.3. The van der Waals surface area contributed by atoms with Crippen molar-refractivity contribution in [3.63, 3.8) is 0 Å². The topological polar surface area (TPSA) is 94.4 Å². The number of para-hydroxylation sites is 1. The third kappa shape index (κ3) is 1.85. The highest BCUT2D eigenvalue weighted by Gasteiger charge is 2.29. The molecule has 2 atom stereocenters. The molecule has 6 nitrogen and oxygen atoms in total. The molecule has 0 amide bonds. The van der Waals surface area contributed by atoms with Gasteiger partial charge >= 0.3 is 0 Å². The first kappa shape index (κ1) is 11.2. The summed E-state index contributed by atoms with van der Waals surface area (Å²) in [5.41, 5.74) is 6.73. The van der Waals surface area contributed by atoms with E-state index in [2.05, 4.69) is 10.1 Å². The van der Waals surface area contributed by atoms with E-state index in [1.54, 1.807) is 0 Å². The first-order valence-electron chi connectivity index (χ1n) is 5.72. The molecule has 0 saturated carbocycles. The summed E-state index contributed by atoms with van der Waals surface area (Å²) in [5.74, 6) is 1.53. The van der Waals surface area contributed by atoms with Gasteiger partial charge in [-0.1, -0.05) is 23.4 Å². The number of benzene rings is 1. The molecule has 1 aromatic carbocycles. The van der Waals surface area contributed by atoms with Crippen molar-refractivity contribution in [1.82, 2.24) is 10.1 Å². The molecule has 18 heavy (non-hydrogen) atoms. The maximum atomic E-state index is 8.93. The summed E-state index contributed by atoms with van der Waals surface area (Å²) >= 11 is 0. The van der Waals surface area contributed by atoms with Gasteiger partial charge in [0.05, 0.1) is 12.6 Å². The highest BCUT2D eigenvalue weighted by molar-refractivity contribution is 5.37. The largest absolute Gasteiger partial charge is 0.480 e. The summed E-state index contributed by atoms with van der Waals surface area (Å²) in [5, 5.41) is 12.7. The van der Waals surface area contributed by atoms with Crippen LogP contribution in [0, 0.1) is 0 Å². The average Bonchev–Trinajstić information content (AvgIpc) is 3.03. The molecule has 6 heteroatoms. The van der Waals surface area contributed by atoms with Crippen LogP contribution in [0.5, 0.6) is 5.75 Å². The Morgan fingerprint density at radius 2 is 2.28 bits per heavy atom. The Morgan fingerprint density at radius 1 is 1.44 bits per heavy atom. The fourth-order valence-electron chi connectivity index (χ4n) is 1.93. The van der Waals surface area contributed by atoms with Gasteiger partial charge in [-0.3, -0.25) is 0 Å². The Balaban J connectivity index is 1.80. The maximum absolute atomic E-state index is 8.93. The van der Waals surface area contributed by atoms with Gasteiger partial charge in [0, 0.05) is 6.42 Å². The van der Waals surface area contributed by atoms with Crippen molar-refractivity contribution < 1.29 is 14.4 Å². The fraction of sp³-hybridized carbons (Fsp3) is 0.333. The lowest BCUT2D eigenvalue weighted by Gasteiger charge is -2.04. The van der Waals surface area contributed by atoms with E-state index in [4.69, 9.17) is 20.1 Å². The second-order valence-corrected chi connectivity index (χ2v) is 4.20. The Bertz CT molecular complexity index is 530. The number of rotatable bonds is 3. The second-order valence-electron chi connectivity index (χ2n) is 4.20. The number of aliphatic hydroxyl groups is 1. The van der Waals surface area contributed by atoms with Crippen LogP contribution in [0.25, 0.3) is 0 Å². The summed E-state index contributed by atoms with van der Waals surface area (Å²) in [7, 11) is 0. The number of hydrogen-bond donors (Lipinski definition) is 2. The number of hydrogen-bond acceptors (Lipinski definition) is 6. The van der Waals surface area contributed by atoms with Gasteiger partial charge in [0.15, 0.2) is 11.9 Å². The van der Waals surface area contributed by atoms with E-state index < -0.39 is 6.04 Å². The third-order valence-corrected chi connectivity index (χ3v) is 2.91. The lowest BCUT2D eigenvalue weighted by atomic mass is 10.1. The number of aromatic nitrogens is 2. The number of fused-ring (bicyclic) bond motifs is 1. The third-order valence-electron chi connectivity index (χ3n) is 2.91. The van der Waals surface area contributed by atoms with Crippen molar-refractivity contribution >= 4 is 0 Å². The van der Waals surface area contributed by atoms with Crippen LogP contribution >= 0.6 is 0 Å². The van der Waals surface area contributed by atoms with Gasteiger partial charge in [-0.15, -0.1) is 0 Å². The minimum absolute atomic E-state index is 0.218. The van der Waals surface area contributed by atoms with E-state index in [0.29, 0.717) is 18.1 Å². The predicted octanol–water partition coefficient (Wildman–Crippen LogP) is 0.738. The molecule has 0 aliphatic carbocycles. The summed E-state index contributed by atoms with van der Waals surface area (Å²) < 4.78 is 10.8. The van der Waals surface area contributed by atoms with E-state index in [9.17, 15) is 0 Å². The van der Waals surface area contributed by atoms with Crippen molar-refractivity contribution in [1.29, 1.82) is 0 Å². The van der Waals surface area contributed by atoms with Crippen LogP contribution in [0.1, 0.15) is 29.4 Å². The maximum Gasteiger partial charge on any atom is 0.268 e. The summed E-state index contributed by atoms with van der Waals surface area (Å²) in [4.78, 5) is 4.16. The average molecular weight is 247 g/mol. The molecular weight excluding hydrogens is 234 g/mol. The summed E-state index contributed by atoms with van der Waals surface area (Å²) in [6.07, 6.45) is 0.432. The highest BCUT2D eigenvalue weighted by Crippen LogP contribution is 2.35. The highest BCUT2D eigenvalue weighted by atomic mass is 16.5. The van der Waals surface area contributed by atoms with E-state index >= 15 is 0 Å². The van der Waals surface area contributed by atoms with Crippen LogP contribution < -0.4 is 10.5 Å².